The van der Waals surface area contributed by atoms with Crippen LogP contribution in [-0.4, -0.2) is 45.5 Å². The number of ether oxygens (including phenoxy) is 2. The van der Waals surface area contributed by atoms with E-state index in [0.29, 0.717) is 18.5 Å². The van der Waals surface area contributed by atoms with Crippen LogP contribution in [-0.2, 0) is 14.3 Å². The van der Waals surface area contributed by atoms with Crippen molar-refractivity contribution < 1.29 is 24.2 Å². The van der Waals surface area contributed by atoms with Crippen LogP contribution in [0.1, 0.15) is 58.1 Å². The van der Waals surface area contributed by atoms with Crippen LogP contribution < -0.4 is 5.32 Å². The average molecular weight is 374 g/mol. The summed E-state index contributed by atoms with van der Waals surface area (Å²) in [5.74, 6) is -0.00347. The highest BCUT2D eigenvalue weighted by Gasteiger charge is 2.62. The van der Waals surface area contributed by atoms with Crippen molar-refractivity contribution in [1.29, 1.82) is 0 Å². The number of hydrogen-bond acceptors (Lipinski definition) is 5. The van der Waals surface area contributed by atoms with E-state index in [1.807, 2.05) is 49.9 Å². The number of amides is 2. The van der Waals surface area contributed by atoms with E-state index in [1.165, 1.54) is 0 Å². The number of aliphatic hydroxyl groups excluding tert-OH is 1. The molecule has 0 radical (unpaired) electrons. The van der Waals surface area contributed by atoms with Gasteiger partial charge in [-0.25, -0.2) is 4.79 Å². The molecule has 1 aromatic carbocycles. The van der Waals surface area contributed by atoms with E-state index in [4.69, 9.17) is 9.47 Å². The number of carbonyl (C=O) groups excluding carboxylic acids is 2. The molecule has 0 unspecified atom stereocenters. The minimum atomic E-state index is -0.805. The van der Waals surface area contributed by atoms with Gasteiger partial charge in [-0.1, -0.05) is 12.1 Å². The fourth-order valence-corrected chi connectivity index (χ4v) is 4.22. The SMILES string of the molecule is CC(C)(C)OC(=O)Nc1ccc([C@@H]2CC[C@H]3OC4(CC(O)C4)C(=O)N32)cc1. The zero-order valence-electron chi connectivity index (χ0n) is 15.9. The zero-order chi connectivity index (χ0) is 19.4. The van der Waals surface area contributed by atoms with Crippen molar-refractivity contribution in [2.24, 2.45) is 0 Å². The normalized spacial score (nSPS) is 32.4. The average Bonchev–Trinajstić information content (AvgIpc) is 3.05. The van der Waals surface area contributed by atoms with Crippen LogP contribution in [0.5, 0.6) is 0 Å². The first kappa shape index (κ1) is 18.3. The molecule has 3 aliphatic rings. The Labute approximate surface area is 158 Å². The second kappa shape index (κ2) is 6.21. The van der Waals surface area contributed by atoms with E-state index in [-0.39, 0.29) is 18.2 Å². The van der Waals surface area contributed by atoms with E-state index in [1.54, 1.807) is 0 Å². The van der Waals surface area contributed by atoms with E-state index in [2.05, 4.69) is 5.32 Å². The summed E-state index contributed by atoms with van der Waals surface area (Å²) in [4.78, 5) is 26.6. The molecule has 2 heterocycles. The Bertz CT molecular complexity index is 749. The number of nitrogens with zero attached hydrogens (tertiary/aromatic N) is 1. The smallest absolute Gasteiger partial charge is 0.412 e. The summed E-state index contributed by atoms with van der Waals surface area (Å²) in [7, 11) is 0. The molecular formula is C20H26N2O5. The van der Waals surface area contributed by atoms with Crippen molar-refractivity contribution in [1.82, 2.24) is 4.90 Å². The zero-order valence-corrected chi connectivity index (χ0v) is 15.9. The van der Waals surface area contributed by atoms with Gasteiger partial charge in [0.25, 0.3) is 5.91 Å². The van der Waals surface area contributed by atoms with Crippen molar-refractivity contribution in [2.75, 3.05) is 5.32 Å². The second-order valence-corrected chi connectivity index (χ2v) is 8.68. The molecule has 7 heteroatoms. The number of benzene rings is 1. The molecule has 1 spiro atoms. The third kappa shape index (κ3) is 3.30. The molecule has 4 rings (SSSR count). The molecule has 0 aromatic heterocycles. The van der Waals surface area contributed by atoms with E-state index < -0.39 is 23.4 Å². The predicted octanol–water partition coefficient (Wildman–Crippen LogP) is 2.95. The maximum atomic E-state index is 12.9. The number of aliphatic hydroxyl groups is 1. The first-order valence-electron chi connectivity index (χ1n) is 9.45. The highest BCUT2D eigenvalue weighted by Crippen LogP contribution is 2.51. The van der Waals surface area contributed by atoms with Crippen LogP contribution in [0, 0.1) is 0 Å². The molecule has 146 valence electrons. The fourth-order valence-electron chi connectivity index (χ4n) is 4.22. The summed E-state index contributed by atoms with van der Waals surface area (Å²) >= 11 is 0. The summed E-state index contributed by atoms with van der Waals surface area (Å²) in [6.07, 6.45) is 1.29. The molecule has 1 aliphatic carbocycles. The van der Waals surface area contributed by atoms with Crippen molar-refractivity contribution in [3.63, 3.8) is 0 Å². The molecule has 2 saturated heterocycles. The topological polar surface area (TPSA) is 88.1 Å². The minimum Gasteiger partial charge on any atom is -0.444 e. The largest absolute Gasteiger partial charge is 0.444 e. The standard InChI is InChI=1S/C20H26N2O5/c1-19(2,3)27-18(25)21-13-6-4-12(5-7-13)15-8-9-16-22(15)17(24)20(26-16)10-14(23)11-20/h4-7,14-16,23H,8-11H2,1-3H3,(H,21,25)/t14?,15-,16+,20?/m0/s1. The first-order valence-corrected chi connectivity index (χ1v) is 9.45. The molecule has 3 fully saturated rings. The Morgan fingerprint density at radius 1 is 1.26 bits per heavy atom. The molecule has 1 saturated carbocycles. The van der Waals surface area contributed by atoms with Gasteiger partial charge in [0.05, 0.1) is 12.1 Å². The molecule has 2 atom stereocenters. The maximum Gasteiger partial charge on any atom is 0.412 e. The van der Waals surface area contributed by atoms with Crippen LogP contribution in [0.25, 0.3) is 0 Å². The molecule has 0 bridgehead atoms. The maximum absolute atomic E-state index is 12.9. The number of nitrogens with one attached hydrogen (secondary N) is 1. The first-order chi connectivity index (χ1) is 12.7. The van der Waals surface area contributed by atoms with E-state index in [0.717, 1.165) is 18.4 Å². The van der Waals surface area contributed by atoms with Crippen LogP contribution in [0.4, 0.5) is 10.5 Å². The number of rotatable bonds is 2. The molecule has 2 N–H and O–H groups in total. The molecular weight excluding hydrogens is 348 g/mol. The van der Waals surface area contributed by atoms with Gasteiger partial charge in [0.2, 0.25) is 0 Å². The van der Waals surface area contributed by atoms with Crippen LogP contribution >= 0.6 is 0 Å². The van der Waals surface area contributed by atoms with E-state index in [9.17, 15) is 14.7 Å². The lowest BCUT2D eigenvalue weighted by Crippen LogP contribution is -2.54. The molecule has 2 amide bonds. The summed E-state index contributed by atoms with van der Waals surface area (Å²) in [6, 6.07) is 7.45. The number of fused-ring (bicyclic) bond motifs is 1. The van der Waals surface area contributed by atoms with Gasteiger partial charge in [0.15, 0.2) is 5.60 Å². The summed E-state index contributed by atoms with van der Waals surface area (Å²) in [6.45, 7) is 5.44. The van der Waals surface area contributed by atoms with Crippen LogP contribution in [0.3, 0.4) is 0 Å². The Balaban J connectivity index is 1.44. The lowest BCUT2D eigenvalue weighted by Gasteiger charge is -2.39. The van der Waals surface area contributed by atoms with Crippen molar-refractivity contribution >= 4 is 17.7 Å². The van der Waals surface area contributed by atoms with Gasteiger partial charge < -0.3 is 19.5 Å². The van der Waals surface area contributed by atoms with E-state index >= 15 is 0 Å². The van der Waals surface area contributed by atoms with Crippen molar-refractivity contribution in [3.05, 3.63) is 29.8 Å². The second-order valence-electron chi connectivity index (χ2n) is 8.68. The quantitative estimate of drug-likeness (QED) is 0.831. The summed E-state index contributed by atoms with van der Waals surface area (Å²) < 4.78 is 11.3. The van der Waals surface area contributed by atoms with Gasteiger partial charge in [0.1, 0.15) is 11.8 Å². The third-order valence-corrected chi connectivity index (χ3v) is 5.39. The molecule has 27 heavy (non-hydrogen) atoms. The van der Waals surface area contributed by atoms with Crippen molar-refractivity contribution in [3.8, 4) is 0 Å². The van der Waals surface area contributed by atoms with Gasteiger partial charge in [0, 0.05) is 18.5 Å². The lowest BCUT2D eigenvalue weighted by molar-refractivity contribution is -0.165. The summed E-state index contributed by atoms with van der Waals surface area (Å²) in [5, 5.41) is 12.3. The highest BCUT2D eigenvalue weighted by molar-refractivity contribution is 5.89. The van der Waals surface area contributed by atoms with Crippen LogP contribution in [0.15, 0.2) is 24.3 Å². The Kier molecular flexibility index (Phi) is 4.20. The monoisotopic (exact) mass is 374 g/mol. The molecule has 7 nitrogen and oxygen atoms in total. The number of carbonyl (C=O) groups is 2. The Hall–Kier alpha value is -2.12. The lowest BCUT2D eigenvalue weighted by atomic mass is 9.76. The van der Waals surface area contributed by atoms with Gasteiger partial charge in [-0.3, -0.25) is 10.1 Å². The van der Waals surface area contributed by atoms with Gasteiger partial charge in [-0.2, -0.15) is 0 Å². The van der Waals surface area contributed by atoms with Crippen molar-refractivity contribution in [2.45, 2.75) is 76.0 Å². The van der Waals surface area contributed by atoms with Gasteiger partial charge >= 0.3 is 6.09 Å². The third-order valence-electron chi connectivity index (χ3n) is 5.39. The Morgan fingerprint density at radius 2 is 1.93 bits per heavy atom. The number of anilines is 1. The van der Waals surface area contributed by atoms with Gasteiger partial charge in [-0.15, -0.1) is 0 Å². The number of hydrogen-bond donors (Lipinski definition) is 2. The molecule has 1 aromatic rings. The van der Waals surface area contributed by atoms with Gasteiger partial charge in [-0.05, 0) is 51.3 Å². The fraction of sp³-hybridized carbons (Fsp3) is 0.600. The summed E-state index contributed by atoms with van der Waals surface area (Å²) in [5.41, 5.74) is 0.302. The van der Waals surface area contributed by atoms with Crippen LogP contribution in [0.2, 0.25) is 0 Å². The minimum absolute atomic E-state index is 0.00347. The highest BCUT2D eigenvalue weighted by atomic mass is 16.6. The molecule has 2 aliphatic heterocycles. The predicted molar refractivity (Wildman–Crippen MR) is 98.0 cm³/mol. The Morgan fingerprint density at radius 3 is 2.52 bits per heavy atom.